The Morgan fingerprint density at radius 1 is 1.53 bits per heavy atom. The van der Waals surface area contributed by atoms with Crippen molar-refractivity contribution in [2.45, 2.75) is 30.7 Å². The Hall–Kier alpha value is -0.840. The van der Waals surface area contributed by atoms with E-state index in [4.69, 9.17) is 27.8 Å². The number of nitrogens with zero attached hydrogens (tertiary/aromatic N) is 2. The number of hydrogen-bond acceptors (Lipinski definition) is 7. The second-order valence-electron chi connectivity index (χ2n) is 3.81. The summed E-state index contributed by atoms with van der Waals surface area (Å²) in [6.45, 7) is -0.397. The molecule has 8 nitrogen and oxygen atoms in total. The van der Waals surface area contributed by atoms with Crippen LogP contribution in [0.4, 0.5) is 0 Å². The van der Waals surface area contributed by atoms with Crippen molar-refractivity contribution in [1.29, 1.82) is 0 Å². The minimum atomic E-state index is -1.21. The largest absolute Gasteiger partial charge is 0.394 e. The molecule has 0 spiro atoms. The van der Waals surface area contributed by atoms with Gasteiger partial charge in [0.1, 0.15) is 24.5 Å². The quantitative estimate of drug-likeness (QED) is 0.331. The lowest BCUT2D eigenvalue weighted by atomic mass is 10.1. The van der Waals surface area contributed by atoms with Crippen LogP contribution >= 0.6 is 12.2 Å². The van der Waals surface area contributed by atoms with E-state index in [9.17, 15) is 10.2 Å². The molecule has 0 saturated carbocycles. The minimum absolute atomic E-state index is 0.190. The summed E-state index contributed by atoms with van der Waals surface area (Å²) in [6.07, 6.45) is -3.29. The van der Waals surface area contributed by atoms with Gasteiger partial charge in [-0.1, -0.05) is 0 Å². The number of hydrogen-bond donors (Lipinski definition) is 5. The molecule has 2 rings (SSSR count). The standard InChI is InChI=1S/C8H14N4O4S/c9-4-1-10-12(8(17)11-4)7-6(15)5(14)3(2-13)16-7/h1,3-7,13-15H,2,9H2,(H,11,17). The molecule has 9 heteroatoms. The van der Waals surface area contributed by atoms with E-state index in [1.807, 2.05) is 0 Å². The number of ether oxygens (including phenoxy) is 1. The summed E-state index contributed by atoms with van der Waals surface area (Å²) in [5.41, 5.74) is 5.53. The third kappa shape index (κ3) is 2.25. The van der Waals surface area contributed by atoms with Gasteiger partial charge >= 0.3 is 0 Å². The Kier molecular flexibility index (Phi) is 3.56. The Bertz CT molecular complexity index is 341. The highest BCUT2D eigenvalue weighted by atomic mass is 32.1. The topological polar surface area (TPSA) is 124 Å². The molecule has 0 aromatic carbocycles. The first-order chi connectivity index (χ1) is 8.04. The van der Waals surface area contributed by atoms with Crippen molar-refractivity contribution < 1.29 is 20.1 Å². The van der Waals surface area contributed by atoms with Crippen LogP contribution in [0.5, 0.6) is 0 Å². The second kappa shape index (κ2) is 4.80. The summed E-state index contributed by atoms with van der Waals surface area (Å²) in [6, 6.07) is 0. The van der Waals surface area contributed by atoms with Gasteiger partial charge in [0.2, 0.25) is 0 Å². The van der Waals surface area contributed by atoms with Gasteiger partial charge in [-0.3, -0.25) is 0 Å². The van der Waals surface area contributed by atoms with Gasteiger partial charge in [-0.05, 0) is 12.2 Å². The molecule has 0 amide bonds. The van der Waals surface area contributed by atoms with E-state index in [2.05, 4.69) is 10.4 Å². The number of thiocarbonyl (C=S) groups is 1. The van der Waals surface area contributed by atoms with Crippen LogP contribution in [0.2, 0.25) is 0 Å². The van der Waals surface area contributed by atoms with E-state index in [1.54, 1.807) is 0 Å². The van der Waals surface area contributed by atoms with Gasteiger partial charge < -0.3 is 31.1 Å². The Morgan fingerprint density at radius 2 is 2.24 bits per heavy atom. The molecular formula is C8H14N4O4S. The first-order valence-electron chi connectivity index (χ1n) is 5.06. The van der Waals surface area contributed by atoms with Gasteiger partial charge in [0.25, 0.3) is 0 Å². The van der Waals surface area contributed by atoms with Crippen molar-refractivity contribution in [2.24, 2.45) is 10.8 Å². The maximum atomic E-state index is 9.77. The van der Waals surface area contributed by atoms with Gasteiger partial charge in [-0.2, -0.15) is 5.10 Å². The second-order valence-corrected chi connectivity index (χ2v) is 4.20. The predicted octanol–water partition coefficient (Wildman–Crippen LogP) is -3.11. The summed E-state index contributed by atoms with van der Waals surface area (Å²) in [7, 11) is 0. The summed E-state index contributed by atoms with van der Waals surface area (Å²) >= 11 is 4.99. The number of aliphatic hydroxyl groups excluding tert-OH is 3. The minimum Gasteiger partial charge on any atom is -0.394 e. The maximum Gasteiger partial charge on any atom is 0.193 e. The van der Waals surface area contributed by atoms with Crippen LogP contribution in [0.3, 0.4) is 0 Å². The molecule has 0 radical (unpaired) electrons. The van der Waals surface area contributed by atoms with Gasteiger partial charge in [0.05, 0.1) is 12.8 Å². The van der Waals surface area contributed by atoms with Crippen LogP contribution in [0.25, 0.3) is 0 Å². The molecule has 2 aliphatic rings. The van der Waals surface area contributed by atoms with Gasteiger partial charge in [0, 0.05) is 0 Å². The van der Waals surface area contributed by atoms with Crippen LogP contribution in [0.1, 0.15) is 0 Å². The molecule has 6 N–H and O–H groups in total. The average Bonchev–Trinajstić information content (AvgIpc) is 2.57. The first kappa shape index (κ1) is 12.6. The average molecular weight is 262 g/mol. The zero-order chi connectivity index (χ0) is 12.6. The molecule has 0 aromatic rings. The van der Waals surface area contributed by atoms with E-state index in [-0.39, 0.29) is 5.11 Å². The van der Waals surface area contributed by atoms with E-state index in [0.29, 0.717) is 0 Å². The molecule has 96 valence electrons. The molecule has 1 fully saturated rings. The lowest BCUT2D eigenvalue weighted by Gasteiger charge is -2.32. The number of aliphatic hydroxyl groups is 3. The van der Waals surface area contributed by atoms with Crippen LogP contribution < -0.4 is 11.1 Å². The molecule has 0 bridgehead atoms. The Balaban J connectivity index is 2.13. The van der Waals surface area contributed by atoms with Crippen LogP contribution in [-0.4, -0.2) is 69.0 Å². The highest BCUT2D eigenvalue weighted by Crippen LogP contribution is 2.24. The van der Waals surface area contributed by atoms with Crippen molar-refractivity contribution in [3.05, 3.63) is 0 Å². The monoisotopic (exact) mass is 262 g/mol. The molecule has 0 aliphatic carbocycles. The van der Waals surface area contributed by atoms with E-state index in [1.165, 1.54) is 11.2 Å². The normalized spacial score (nSPS) is 41.8. The van der Waals surface area contributed by atoms with Crippen molar-refractivity contribution in [3.63, 3.8) is 0 Å². The third-order valence-electron chi connectivity index (χ3n) is 2.61. The number of rotatable bonds is 2. The zero-order valence-corrected chi connectivity index (χ0v) is 9.62. The van der Waals surface area contributed by atoms with Crippen LogP contribution in [0, 0.1) is 0 Å². The molecule has 17 heavy (non-hydrogen) atoms. The molecular weight excluding hydrogens is 248 g/mol. The Labute approximate surface area is 103 Å². The molecule has 0 aromatic heterocycles. The number of hydrazone groups is 1. The molecule has 2 heterocycles. The van der Waals surface area contributed by atoms with Crippen LogP contribution in [-0.2, 0) is 4.74 Å². The van der Waals surface area contributed by atoms with Crippen molar-refractivity contribution in [1.82, 2.24) is 10.3 Å². The lowest BCUT2D eigenvalue weighted by Crippen LogP contribution is -2.56. The van der Waals surface area contributed by atoms with E-state index in [0.717, 1.165) is 0 Å². The summed E-state index contributed by atoms with van der Waals surface area (Å²) in [5, 5.41) is 36.4. The highest BCUT2D eigenvalue weighted by Gasteiger charge is 2.46. The smallest absolute Gasteiger partial charge is 0.193 e. The molecule has 5 atom stereocenters. The van der Waals surface area contributed by atoms with Crippen molar-refractivity contribution in [3.8, 4) is 0 Å². The maximum absolute atomic E-state index is 9.77. The van der Waals surface area contributed by atoms with E-state index < -0.39 is 37.3 Å². The first-order valence-corrected chi connectivity index (χ1v) is 5.47. The van der Waals surface area contributed by atoms with Gasteiger partial charge in [0.15, 0.2) is 11.3 Å². The van der Waals surface area contributed by atoms with E-state index >= 15 is 0 Å². The Morgan fingerprint density at radius 3 is 2.76 bits per heavy atom. The summed E-state index contributed by atoms with van der Waals surface area (Å²) in [5.74, 6) is 0. The lowest BCUT2D eigenvalue weighted by molar-refractivity contribution is -0.0720. The molecule has 5 unspecified atom stereocenters. The third-order valence-corrected chi connectivity index (χ3v) is 2.91. The fraction of sp³-hybridized carbons (Fsp3) is 0.750. The highest BCUT2D eigenvalue weighted by molar-refractivity contribution is 7.80. The zero-order valence-electron chi connectivity index (χ0n) is 8.80. The fourth-order valence-corrected chi connectivity index (χ4v) is 1.99. The predicted molar refractivity (Wildman–Crippen MR) is 61.8 cm³/mol. The molecule has 1 saturated heterocycles. The summed E-state index contributed by atoms with van der Waals surface area (Å²) in [4.78, 5) is 0. The van der Waals surface area contributed by atoms with Gasteiger partial charge in [-0.25, -0.2) is 5.01 Å². The van der Waals surface area contributed by atoms with Crippen molar-refractivity contribution in [2.75, 3.05) is 6.61 Å². The van der Waals surface area contributed by atoms with Crippen LogP contribution in [0.15, 0.2) is 5.10 Å². The number of nitrogens with two attached hydrogens (primary N) is 1. The fourth-order valence-electron chi connectivity index (χ4n) is 1.71. The number of nitrogens with one attached hydrogen (secondary N) is 1. The molecule has 2 aliphatic heterocycles. The SMILES string of the molecule is NC1C=NN(C2OC(CO)C(O)C2O)C(=S)N1. The van der Waals surface area contributed by atoms with Crippen molar-refractivity contribution >= 4 is 23.5 Å². The van der Waals surface area contributed by atoms with Gasteiger partial charge in [-0.15, -0.1) is 0 Å². The summed E-state index contributed by atoms with van der Waals surface area (Å²) < 4.78 is 5.27.